The number of nitrogens with zero attached hydrogens (tertiary/aromatic N) is 7. The van der Waals surface area contributed by atoms with Gasteiger partial charge < -0.3 is 9.80 Å². The van der Waals surface area contributed by atoms with Gasteiger partial charge in [-0.2, -0.15) is 0 Å². The number of aromatic nitrogens is 3. The molecule has 0 saturated carbocycles. The molecule has 0 aliphatic carbocycles. The van der Waals surface area contributed by atoms with Crippen molar-refractivity contribution in [3.63, 3.8) is 0 Å². The van der Waals surface area contributed by atoms with E-state index < -0.39 is 0 Å². The molecule has 5 rings (SSSR count). The first-order valence-corrected chi connectivity index (χ1v) is 13.7. The minimum Gasteiger partial charge on any atom is -0.354 e. The van der Waals surface area contributed by atoms with Crippen LogP contribution in [0, 0.1) is 0 Å². The SMILES string of the molecule is CC(C)c1ccc(CN2CCc3nc(-c4ccccn4)nc(N4CCN(CCN(C)C)CC4)c3C2)cc1. The lowest BCUT2D eigenvalue weighted by atomic mass is 10.0. The van der Waals surface area contributed by atoms with E-state index >= 15 is 0 Å². The molecule has 7 heteroatoms. The molecule has 1 saturated heterocycles. The summed E-state index contributed by atoms with van der Waals surface area (Å²) in [5.74, 6) is 2.42. The third kappa shape index (κ3) is 6.35. The standard InChI is InChI=1S/C30H41N7/c1-23(2)25-10-8-24(9-11-25)21-36-14-12-27-26(22-36)30(33-29(32-27)28-7-5-6-13-31-28)37-19-17-35(18-20-37)16-15-34(3)4/h5-11,13,23H,12,14-22H2,1-4H3. The molecule has 196 valence electrons. The van der Waals surface area contributed by atoms with Crippen LogP contribution in [-0.4, -0.2) is 89.6 Å². The van der Waals surface area contributed by atoms with Gasteiger partial charge >= 0.3 is 0 Å². The Bertz CT molecular complexity index is 1150. The van der Waals surface area contributed by atoms with Crippen LogP contribution in [0.25, 0.3) is 11.5 Å². The molecule has 3 aromatic rings. The van der Waals surface area contributed by atoms with E-state index in [0.717, 1.165) is 82.7 Å². The zero-order valence-electron chi connectivity index (χ0n) is 22.9. The molecule has 0 spiro atoms. The predicted molar refractivity (Wildman–Crippen MR) is 151 cm³/mol. The van der Waals surface area contributed by atoms with Crippen molar-refractivity contribution in [1.82, 2.24) is 29.7 Å². The Morgan fingerprint density at radius 3 is 2.35 bits per heavy atom. The molecule has 2 aliphatic heterocycles. The van der Waals surface area contributed by atoms with Crippen molar-refractivity contribution in [1.29, 1.82) is 0 Å². The number of likely N-dealkylation sites (N-methyl/N-ethyl adjacent to an activating group) is 1. The Morgan fingerprint density at radius 2 is 1.68 bits per heavy atom. The molecule has 0 radical (unpaired) electrons. The van der Waals surface area contributed by atoms with Crippen LogP contribution in [0.3, 0.4) is 0 Å². The normalized spacial score (nSPS) is 17.0. The molecule has 4 heterocycles. The molecular weight excluding hydrogens is 458 g/mol. The lowest BCUT2D eigenvalue weighted by molar-refractivity contribution is 0.226. The van der Waals surface area contributed by atoms with Gasteiger partial charge in [0.05, 0.1) is 5.69 Å². The smallest absolute Gasteiger partial charge is 0.180 e. The molecule has 1 fully saturated rings. The minimum atomic E-state index is 0.562. The summed E-state index contributed by atoms with van der Waals surface area (Å²) in [7, 11) is 4.29. The van der Waals surface area contributed by atoms with Crippen molar-refractivity contribution < 1.29 is 0 Å². The Labute approximate surface area is 222 Å². The van der Waals surface area contributed by atoms with E-state index in [2.05, 4.69) is 76.8 Å². The molecule has 0 unspecified atom stereocenters. The van der Waals surface area contributed by atoms with Crippen LogP contribution < -0.4 is 4.90 Å². The summed E-state index contributed by atoms with van der Waals surface area (Å²) >= 11 is 0. The summed E-state index contributed by atoms with van der Waals surface area (Å²) in [6.45, 7) is 13.7. The van der Waals surface area contributed by atoms with Gasteiger partial charge in [0.15, 0.2) is 5.82 Å². The van der Waals surface area contributed by atoms with Crippen LogP contribution in [0.15, 0.2) is 48.7 Å². The molecule has 0 N–H and O–H groups in total. The molecule has 1 aromatic carbocycles. The quantitative estimate of drug-likeness (QED) is 0.466. The Morgan fingerprint density at radius 1 is 0.892 bits per heavy atom. The second kappa shape index (κ2) is 11.7. The highest BCUT2D eigenvalue weighted by atomic mass is 15.3. The topological polar surface area (TPSA) is 51.6 Å². The van der Waals surface area contributed by atoms with Gasteiger partial charge in [0.1, 0.15) is 11.5 Å². The van der Waals surface area contributed by atoms with Gasteiger partial charge in [-0.1, -0.05) is 44.2 Å². The Hall–Kier alpha value is -2.87. The highest BCUT2D eigenvalue weighted by Crippen LogP contribution is 2.30. The number of rotatable bonds is 8. The van der Waals surface area contributed by atoms with Crippen molar-refractivity contribution in [2.24, 2.45) is 0 Å². The fourth-order valence-corrected chi connectivity index (χ4v) is 5.25. The van der Waals surface area contributed by atoms with Gasteiger partial charge in [-0.05, 0) is 43.3 Å². The fraction of sp³-hybridized carbons (Fsp3) is 0.500. The highest BCUT2D eigenvalue weighted by Gasteiger charge is 2.28. The van der Waals surface area contributed by atoms with Crippen molar-refractivity contribution in [3.8, 4) is 11.5 Å². The highest BCUT2D eigenvalue weighted by molar-refractivity contribution is 5.58. The summed E-state index contributed by atoms with van der Waals surface area (Å²) < 4.78 is 0. The maximum atomic E-state index is 5.15. The zero-order valence-corrected chi connectivity index (χ0v) is 22.9. The second-order valence-corrected chi connectivity index (χ2v) is 11.0. The first-order chi connectivity index (χ1) is 18.0. The van der Waals surface area contributed by atoms with Crippen molar-refractivity contribution in [2.45, 2.75) is 39.3 Å². The largest absolute Gasteiger partial charge is 0.354 e. The van der Waals surface area contributed by atoms with E-state index in [1.165, 1.54) is 22.4 Å². The number of hydrogen-bond donors (Lipinski definition) is 0. The first-order valence-electron chi connectivity index (χ1n) is 13.7. The van der Waals surface area contributed by atoms with Gasteiger partial charge in [-0.15, -0.1) is 0 Å². The van der Waals surface area contributed by atoms with E-state index in [9.17, 15) is 0 Å². The molecule has 2 aromatic heterocycles. The molecule has 2 aliphatic rings. The fourth-order valence-electron chi connectivity index (χ4n) is 5.25. The summed E-state index contributed by atoms with van der Waals surface area (Å²) in [6.07, 6.45) is 2.77. The predicted octanol–water partition coefficient (Wildman–Crippen LogP) is 3.90. The number of anilines is 1. The van der Waals surface area contributed by atoms with Crippen LogP contribution in [0.1, 0.15) is 42.1 Å². The first kappa shape index (κ1) is 25.8. The average Bonchev–Trinajstić information content (AvgIpc) is 2.92. The Balaban J connectivity index is 1.37. The van der Waals surface area contributed by atoms with Crippen molar-refractivity contribution in [2.75, 3.05) is 64.8 Å². The maximum Gasteiger partial charge on any atom is 0.180 e. The number of benzene rings is 1. The van der Waals surface area contributed by atoms with Crippen molar-refractivity contribution in [3.05, 3.63) is 71.0 Å². The van der Waals surface area contributed by atoms with Gasteiger partial charge in [0.2, 0.25) is 0 Å². The van der Waals surface area contributed by atoms with Crippen LogP contribution in [0.4, 0.5) is 5.82 Å². The number of pyridine rings is 1. The minimum absolute atomic E-state index is 0.562. The molecule has 37 heavy (non-hydrogen) atoms. The van der Waals surface area contributed by atoms with Crippen LogP contribution in [0.5, 0.6) is 0 Å². The number of hydrogen-bond acceptors (Lipinski definition) is 7. The van der Waals surface area contributed by atoms with Gasteiger partial charge in [-0.3, -0.25) is 14.8 Å². The summed E-state index contributed by atoms with van der Waals surface area (Å²) in [5.41, 5.74) is 6.10. The Kier molecular flexibility index (Phi) is 8.13. The zero-order chi connectivity index (χ0) is 25.8. The summed E-state index contributed by atoms with van der Waals surface area (Å²) in [4.78, 5) is 24.6. The van der Waals surface area contributed by atoms with E-state index in [1.807, 2.05) is 24.4 Å². The molecule has 0 atom stereocenters. The van der Waals surface area contributed by atoms with E-state index in [-0.39, 0.29) is 0 Å². The number of piperazine rings is 1. The molecule has 7 nitrogen and oxygen atoms in total. The molecule has 0 amide bonds. The third-order valence-corrected chi connectivity index (χ3v) is 7.60. The summed E-state index contributed by atoms with van der Waals surface area (Å²) in [6, 6.07) is 15.1. The summed E-state index contributed by atoms with van der Waals surface area (Å²) in [5, 5.41) is 0. The monoisotopic (exact) mass is 499 g/mol. The van der Waals surface area contributed by atoms with Crippen LogP contribution >= 0.6 is 0 Å². The second-order valence-electron chi connectivity index (χ2n) is 11.0. The number of fused-ring (bicyclic) bond motifs is 1. The molecular formula is C30H41N7. The van der Waals surface area contributed by atoms with Gasteiger partial charge in [-0.25, -0.2) is 9.97 Å². The van der Waals surface area contributed by atoms with Crippen molar-refractivity contribution >= 4 is 5.82 Å². The van der Waals surface area contributed by atoms with E-state index in [4.69, 9.17) is 9.97 Å². The average molecular weight is 500 g/mol. The maximum absolute atomic E-state index is 5.15. The molecule has 0 bridgehead atoms. The van der Waals surface area contributed by atoms with Crippen LogP contribution in [0.2, 0.25) is 0 Å². The van der Waals surface area contributed by atoms with Crippen LogP contribution in [-0.2, 0) is 19.5 Å². The van der Waals surface area contributed by atoms with E-state index in [1.54, 1.807) is 0 Å². The lowest BCUT2D eigenvalue weighted by Crippen LogP contribution is -2.49. The van der Waals surface area contributed by atoms with E-state index in [0.29, 0.717) is 5.92 Å². The third-order valence-electron chi connectivity index (χ3n) is 7.60. The lowest BCUT2D eigenvalue weighted by Gasteiger charge is -2.38. The van der Waals surface area contributed by atoms with Gasteiger partial charge in [0.25, 0.3) is 0 Å². The van der Waals surface area contributed by atoms with Gasteiger partial charge in [0, 0.05) is 77.1 Å².